The van der Waals surface area contributed by atoms with E-state index >= 15 is 0 Å². The summed E-state index contributed by atoms with van der Waals surface area (Å²) >= 11 is 3.56. The molecule has 0 aromatic heterocycles. The van der Waals surface area contributed by atoms with Gasteiger partial charge in [0.05, 0.1) is 4.90 Å². The lowest BCUT2D eigenvalue weighted by Gasteiger charge is -2.25. The highest BCUT2D eigenvalue weighted by Gasteiger charge is 2.24. The van der Waals surface area contributed by atoms with Crippen LogP contribution in [0.4, 0.5) is 0 Å². The smallest absolute Gasteiger partial charge is 0.208 e. The van der Waals surface area contributed by atoms with Crippen LogP contribution in [0.3, 0.4) is 0 Å². The predicted octanol–water partition coefficient (Wildman–Crippen LogP) is 2.67. The molecule has 3 nitrogen and oxygen atoms in total. The molecule has 1 fully saturated rings. The Hall–Kier alpha value is -0.390. The summed E-state index contributed by atoms with van der Waals surface area (Å²) in [7, 11) is -3.34. The van der Waals surface area contributed by atoms with E-state index in [-0.39, 0.29) is 6.04 Å². The van der Waals surface area contributed by atoms with Crippen molar-refractivity contribution in [3.63, 3.8) is 0 Å². The Labute approximate surface area is 111 Å². The Bertz CT molecular complexity index is 453. The quantitative estimate of drug-likeness (QED) is 0.871. The van der Waals surface area contributed by atoms with Crippen molar-refractivity contribution in [3.8, 4) is 0 Å². The van der Waals surface area contributed by atoms with Gasteiger partial charge < -0.3 is 0 Å². The van der Waals surface area contributed by atoms with Gasteiger partial charge in [-0.2, -0.15) is 0 Å². The second-order valence-corrected chi connectivity index (χ2v) is 7.39. The summed E-state index contributed by atoms with van der Waals surface area (Å²) in [6.45, 7) is 0. The first-order chi connectivity index (χ1) is 8.08. The van der Waals surface area contributed by atoms with Crippen LogP contribution in [0.1, 0.15) is 25.7 Å². The highest BCUT2D eigenvalue weighted by molar-refractivity contribution is 9.09. The van der Waals surface area contributed by atoms with Crippen molar-refractivity contribution in [2.45, 2.75) is 41.4 Å². The summed E-state index contributed by atoms with van der Waals surface area (Å²) in [5, 5.41) is 0. The highest BCUT2D eigenvalue weighted by atomic mass is 79.9. The van der Waals surface area contributed by atoms with Crippen LogP contribution in [0, 0.1) is 0 Å². The van der Waals surface area contributed by atoms with E-state index in [1.165, 1.54) is 0 Å². The van der Waals surface area contributed by atoms with E-state index in [1.54, 1.807) is 24.3 Å². The fraction of sp³-hybridized carbons (Fsp3) is 0.500. The van der Waals surface area contributed by atoms with E-state index in [4.69, 9.17) is 0 Å². The monoisotopic (exact) mass is 317 g/mol. The zero-order chi connectivity index (χ0) is 12.3. The SMILES string of the molecule is O=S(=O)(NC1CCC(Br)CC1)c1ccccc1. The molecule has 5 heteroatoms. The zero-order valence-corrected chi connectivity index (χ0v) is 11.9. The molecule has 0 amide bonds. The molecule has 1 aromatic carbocycles. The Morgan fingerprint density at radius 1 is 1.06 bits per heavy atom. The largest absolute Gasteiger partial charge is 0.240 e. The number of hydrogen-bond acceptors (Lipinski definition) is 2. The van der Waals surface area contributed by atoms with Crippen LogP contribution >= 0.6 is 15.9 Å². The Kier molecular flexibility index (Phi) is 4.22. The van der Waals surface area contributed by atoms with Gasteiger partial charge in [-0.1, -0.05) is 34.1 Å². The number of sulfonamides is 1. The summed E-state index contributed by atoms with van der Waals surface area (Å²) < 4.78 is 26.9. The maximum absolute atomic E-state index is 12.1. The molecule has 0 spiro atoms. The molecule has 17 heavy (non-hydrogen) atoms. The number of nitrogens with one attached hydrogen (secondary N) is 1. The first kappa shape index (κ1) is 13.1. The Morgan fingerprint density at radius 2 is 1.65 bits per heavy atom. The van der Waals surface area contributed by atoms with E-state index in [0.29, 0.717) is 9.72 Å². The zero-order valence-electron chi connectivity index (χ0n) is 9.47. The van der Waals surface area contributed by atoms with Crippen LogP contribution in [-0.4, -0.2) is 19.3 Å². The molecule has 1 saturated carbocycles. The minimum absolute atomic E-state index is 0.0778. The molecule has 1 aliphatic rings. The molecule has 0 radical (unpaired) electrons. The van der Waals surface area contributed by atoms with Crippen molar-refractivity contribution in [1.29, 1.82) is 0 Å². The molecule has 0 atom stereocenters. The summed E-state index contributed by atoms with van der Waals surface area (Å²) in [5.74, 6) is 0. The summed E-state index contributed by atoms with van der Waals surface area (Å²) in [6, 6.07) is 8.62. The van der Waals surface area contributed by atoms with Gasteiger partial charge in [0.1, 0.15) is 0 Å². The number of benzene rings is 1. The first-order valence-electron chi connectivity index (χ1n) is 5.79. The third kappa shape index (κ3) is 3.53. The number of halogens is 1. The van der Waals surface area contributed by atoms with Crippen molar-refractivity contribution >= 4 is 26.0 Å². The van der Waals surface area contributed by atoms with Crippen molar-refractivity contribution < 1.29 is 8.42 Å². The molecule has 1 aromatic rings. The molecule has 0 aliphatic heterocycles. The molecular weight excluding hydrogens is 302 g/mol. The van der Waals surface area contributed by atoms with Gasteiger partial charge in [0.25, 0.3) is 0 Å². The third-order valence-electron chi connectivity index (χ3n) is 3.03. The van der Waals surface area contributed by atoms with Crippen molar-refractivity contribution in [3.05, 3.63) is 30.3 Å². The van der Waals surface area contributed by atoms with Gasteiger partial charge in [-0.3, -0.25) is 0 Å². The van der Waals surface area contributed by atoms with E-state index in [9.17, 15) is 8.42 Å². The summed E-state index contributed by atoms with van der Waals surface area (Å²) in [4.78, 5) is 0.890. The van der Waals surface area contributed by atoms with Crippen LogP contribution in [0.5, 0.6) is 0 Å². The summed E-state index contributed by atoms with van der Waals surface area (Å²) in [6.07, 6.45) is 3.87. The van der Waals surface area contributed by atoms with E-state index in [0.717, 1.165) is 25.7 Å². The molecule has 0 saturated heterocycles. The average Bonchev–Trinajstić information content (AvgIpc) is 2.33. The lowest BCUT2D eigenvalue weighted by molar-refractivity contribution is 0.422. The molecular formula is C12H16BrNO2S. The van der Waals surface area contributed by atoms with Gasteiger partial charge in [-0.25, -0.2) is 13.1 Å². The normalized spacial score (nSPS) is 25.7. The number of hydrogen-bond donors (Lipinski definition) is 1. The van der Waals surface area contributed by atoms with E-state index in [1.807, 2.05) is 6.07 Å². The van der Waals surface area contributed by atoms with Gasteiger partial charge in [0.2, 0.25) is 10.0 Å². The standard InChI is InChI=1S/C12H16BrNO2S/c13-10-6-8-11(9-7-10)14-17(15,16)12-4-2-1-3-5-12/h1-5,10-11,14H,6-9H2. The minimum Gasteiger partial charge on any atom is -0.208 e. The van der Waals surface area contributed by atoms with Crippen molar-refractivity contribution in [2.24, 2.45) is 0 Å². The first-order valence-corrected chi connectivity index (χ1v) is 8.19. The van der Waals surface area contributed by atoms with Gasteiger partial charge in [-0.15, -0.1) is 0 Å². The maximum atomic E-state index is 12.1. The summed E-state index contributed by atoms with van der Waals surface area (Å²) in [5.41, 5.74) is 0. The van der Waals surface area contributed by atoms with E-state index < -0.39 is 10.0 Å². The highest BCUT2D eigenvalue weighted by Crippen LogP contribution is 2.25. The third-order valence-corrected chi connectivity index (χ3v) is 5.48. The topological polar surface area (TPSA) is 46.2 Å². The lowest BCUT2D eigenvalue weighted by atomic mass is 9.96. The lowest BCUT2D eigenvalue weighted by Crippen LogP contribution is -2.37. The van der Waals surface area contributed by atoms with Crippen LogP contribution in [0.2, 0.25) is 0 Å². The molecule has 0 bridgehead atoms. The van der Waals surface area contributed by atoms with Crippen LogP contribution in [0.15, 0.2) is 35.2 Å². The second-order valence-electron chi connectivity index (χ2n) is 4.38. The van der Waals surface area contributed by atoms with Crippen LogP contribution in [-0.2, 0) is 10.0 Å². The fourth-order valence-corrected chi connectivity index (χ4v) is 3.91. The van der Waals surface area contributed by atoms with Crippen LogP contribution < -0.4 is 4.72 Å². The predicted molar refractivity (Wildman–Crippen MR) is 71.7 cm³/mol. The molecule has 94 valence electrons. The van der Waals surface area contributed by atoms with Gasteiger partial charge in [0, 0.05) is 10.9 Å². The molecule has 0 heterocycles. The van der Waals surface area contributed by atoms with Gasteiger partial charge in [0.15, 0.2) is 0 Å². The van der Waals surface area contributed by atoms with Gasteiger partial charge in [-0.05, 0) is 37.8 Å². The maximum Gasteiger partial charge on any atom is 0.240 e. The molecule has 0 unspecified atom stereocenters. The Morgan fingerprint density at radius 3 is 2.24 bits per heavy atom. The van der Waals surface area contributed by atoms with Crippen molar-refractivity contribution in [1.82, 2.24) is 4.72 Å². The fourth-order valence-electron chi connectivity index (χ4n) is 2.06. The van der Waals surface area contributed by atoms with Crippen molar-refractivity contribution in [2.75, 3.05) is 0 Å². The number of alkyl halides is 1. The molecule has 1 aliphatic carbocycles. The Balaban J connectivity index is 2.03. The van der Waals surface area contributed by atoms with E-state index in [2.05, 4.69) is 20.7 Å². The second kappa shape index (κ2) is 5.50. The average molecular weight is 318 g/mol. The van der Waals surface area contributed by atoms with Gasteiger partial charge >= 0.3 is 0 Å². The molecule has 2 rings (SSSR count). The van der Waals surface area contributed by atoms with Crippen LogP contribution in [0.25, 0.3) is 0 Å². The molecule has 1 N–H and O–H groups in total. The minimum atomic E-state index is -3.34. The number of rotatable bonds is 3.